The Morgan fingerprint density at radius 2 is 0.322 bits per heavy atom. The summed E-state index contributed by atoms with van der Waals surface area (Å²) in [6.45, 7) is 4.44. The molecule has 12 bridgehead atoms. The third-order valence-corrected chi connectivity index (χ3v) is 15.4. The molecule has 0 fully saturated rings. The fraction of sp³-hybridized carbons (Fsp3) is 0.154. The lowest BCUT2D eigenvalue weighted by Crippen LogP contribution is -2.05. The zero-order chi connectivity index (χ0) is 60.5. The lowest BCUT2D eigenvalue weighted by atomic mass is 10.1. The van der Waals surface area contributed by atoms with Gasteiger partial charge in [-0.05, 0) is 176 Å². The monoisotopic (exact) mass is 1180 g/mol. The molecular formula is C78H66N6O6. The summed E-state index contributed by atoms with van der Waals surface area (Å²) in [5.74, 6) is 4.33. The van der Waals surface area contributed by atoms with Crippen LogP contribution in [0.15, 0.2) is 248 Å². The van der Waals surface area contributed by atoms with Crippen LogP contribution in [0.25, 0.3) is 0 Å². The molecule has 12 nitrogen and oxygen atoms in total. The zero-order valence-corrected chi connectivity index (χ0v) is 49.9. The molecule has 4 aliphatic rings. The van der Waals surface area contributed by atoms with E-state index in [9.17, 15) is 0 Å². The molecule has 0 radical (unpaired) electrons. The number of para-hydroxylation sites is 6. The maximum absolute atomic E-state index is 6.68. The van der Waals surface area contributed by atoms with Crippen molar-refractivity contribution in [1.82, 2.24) is 0 Å². The molecule has 0 N–H and O–H groups in total. The molecule has 10 aromatic carbocycles. The van der Waals surface area contributed by atoms with Gasteiger partial charge in [-0.3, -0.25) is 30.0 Å². The van der Waals surface area contributed by atoms with Gasteiger partial charge in [0.15, 0.2) is 0 Å². The highest BCUT2D eigenvalue weighted by atomic mass is 16.5. The molecule has 0 saturated heterocycles. The molecule has 14 rings (SSSR count). The van der Waals surface area contributed by atoms with Crippen molar-refractivity contribution in [2.45, 2.75) is 78.9 Å². The number of fused-ring (bicyclic) bond motifs is 11. The summed E-state index contributed by atoms with van der Waals surface area (Å²) in [5, 5.41) is 0. The van der Waals surface area contributed by atoms with Gasteiger partial charge >= 0.3 is 0 Å². The van der Waals surface area contributed by atoms with Gasteiger partial charge in [-0.25, -0.2) is 0 Å². The van der Waals surface area contributed by atoms with Crippen molar-refractivity contribution in [2.24, 2.45) is 30.0 Å². The average molecular weight is 1180 g/mol. The third kappa shape index (κ3) is 15.6. The third-order valence-electron chi connectivity index (χ3n) is 15.4. The summed E-state index contributed by atoms with van der Waals surface area (Å²) in [6.07, 6.45) is 11.4. The first-order chi connectivity index (χ1) is 44.5. The summed E-state index contributed by atoms with van der Waals surface area (Å²) in [5.41, 5.74) is 17.3. The lowest BCUT2D eigenvalue weighted by molar-refractivity contribution is 0.293. The van der Waals surface area contributed by atoms with Crippen molar-refractivity contribution >= 4 is 37.3 Å². The number of hydrogen-bond donors (Lipinski definition) is 0. The minimum absolute atomic E-state index is 0.295. The van der Waals surface area contributed by atoms with Crippen molar-refractivity contribution in [3.8, 4) is 34.5 Å². The van der Waals surface area contributed by atoms with Gasteiger partial charge in [0, 0.05) is 70.7 Å². The Kier molecular flexibility index (Phi) is 18.5. The average Bonchev–Trinajstić information content (AvgIpc) is 3.75. The summed E-state index contributed by atoms with van der Waals surface area (Å²) >= 11 is 0. The van der Waals surface area contributed by atoms with Crippen molar-refractivity contribution < 1.29 is 28.4 Å². The molecule has 4 heterocycles. The number of aliphatic imine (C=N–C) groups is 6. The molecule has 4 aliphatic heterocycles. The summed E-state index contributed by atoms with van der Waals surface area (Å²) < 4.78 is 39.9. The van der Waals surface area contributed by atoms with E-state index in [2.05, 4.69) is 72.8 Å². The van der Waals surface area contributed by atoms with Crippen LogP contribution in [0.1, 0.15) is 100 Å². The molecule has 0 atom stereocenters. The van der Waals surface area contributed by atoms with Gasteiger partial charge in [-0.2, -0.15) is 0 Å². The number of ether oxygens (including phenoxy) is 6. The number of nitrogens with zero attached hydrogens (tertiary/aromatic N) is 6. The first kappa shape index (κ1) is 58.1. The van der Waals surface area contributed by atoms with Crippen LogP contribution in [0.2, 0.25) is 0 Å². The van der Waals surface area contributed by atoms with Gasteiger partial charge < -0.3 is 28.4 Å². The van der Waals surface area contributed by atoms with Crippen molar-refractivity contribution in [3.05, 3.63) is 319 Å². The van der Waals surface area contributed by atoms with Crippen LogP contribution in [-0.2, 0) is 78.9 Å². The van der Waals surface area contributed by atoms with E-state index >= 15 is 0 Å². The van der Waals surface area contributed by atoms with Crippen molar-refractivity contribution in [2.75, 3.05) is 0 Å². The molecule has 444 valence electrons. The van der Waals surface area contributed by atoms with Crippen LogP contribution in [0, 0.1) is 0 Å². The van der Waals surface area contributed by atoms with Crippen LogP contribution < -0.4 is 28.4 Å². The Labute approximate surface area is 525 Å². The molecule has 0 unspecified atom stereocenters. The molecule has 10 aromatic rings. The molecule has 0 aliphatic carbocycles. The highest BCUT2D eigenvalue weighted by molar-refractivity contribution is 5.86. The Balaban J connectivity index is 0.879. The maximum atomic E-state index is 6.68. The minimum Gasteiger partial charge on any atom is -0.488 e. The van der Waals surface area contributed by atoms with Gasteiger partial charge in [0.1, 0.15) is 74.1 Å². The summed E-state index contributed by atoms with van der Waals surface area (Å²) in [6, 6.07) is 73.8. The molecule has 0 aromatic heterocycles. The van der Waals surface area contributed by atoms with E-state index < -0.39 is 0 Å². The smallest absolute Gasteiger partial charge is 0.128 e. The molecule has 0 amide bonds. The predicted octanol–water partition coefficient (Wildman–Crippen LogP) is 15.8. The van der Waals surface area contributed by atoms with Gasteiger partial charge in [0.25, 0.3) is 0 Å². The second-order valence-electron chi connectivity index (χ2n) is 22.4. The fourth-order valence-electron chi connectivity index (χ4n) is 11.2. The first-order valence-corrected chi connectivity index (χ1v) is 30.3. The Hall–Kier alpha value is -11.0. The number of hydrogen-bond acceptors (Lipinski definition) is 12. The summed E-state index contributed by atoms with van der Waals surface area (Å²) in [4.78, 5) is 30.0. The Morgan fingerprint density at radius 3 is 0.489 bits per heavy atom. The quantitative estimate of drug-likeness (QED) is 0.149. The number of benzene rings is 10. The fourth-order valence-corrected chi connectivity index (χ4v) is 11.2. The van der Waals surface area contributed by atoms with Crippen LogP contribution >= 0.6 is 0 Å². The number of rotatable bonds is 0. The van der Waals surface area contributed by atoms with E-state index in [1.54, 1.807) is 0 Å². The molecule has 0 spiro atoms. The van der Waals surface area contributed by atoms with E-state index in [-0.39, 0.29) is 0 Å². The predicted molar refractivity (Wildman–Crippen MR) is 358 cm³/mol. The van der Waals surface area contributed by atoms with E-state index in [0.717, 1.165) is 123 Å². The topological polar surface area (TPSA) is 130 Å². The van der Waals surface area contributed by atoms with E-state index in [0.29, 0.717) is 90.4 Å². The van der Waals surface area contributed by atoms with E-state index in [4.69, 9.17) is 58.4 Å². The van der Waals surface area contributed by atoms with Gasteiger partial charge in [0.2, 0.25) is 0 Å². The molecule has 0 saturated carbocycles. The van der Waals surface area contributed by atoms with E-state index in [1.165, 1.54) is 0 Å². The van der Waals surface area contributed by atoms with Crippen LogP contribution in [0.3, 0.4) is 0 Å². The normalized spacial score (nSPS) is 14.4. The maximum Gasteiger partial charge on any atom is 0.128 e. The minimum atomic E-state index is 0.295. The van der Waals surface area contributed by atoms with Gasteiger partial charge in [-0.15, -0.1) is 0 Å². The Morgan fingerprint density at radius 1 is 0.178 bits per heavy atom. The van der Waals surface area contributed by atoms with Gasteiger partial charge in [0.05, 0.1) is 39.3 Å². The second-order valence-corrected chi connectivity index (χ2v) is 22.4. The zero-order valence-electron chi connectivity index (χ0n) is 49.9. The first-order valence-electron chi connectivity index (χ1n) is 30.3. The highest BCUT2D eigenvalue weighted by Crippen LogP contribution is 2.28. The SMILES string of the molecule is C1=NCc2cc3cc(c2)CN=Cc2ccccc2OCc2cc4cc(c2)COc2ccccc2C=NCc2cc(cc(c2)CN=Cc2ccccc2OCc2cc(cc(c2)COc2ccccc2C=NC3)COc2ccccc21)CN=Cc1ccccc1OC4. The molecule has 12 heteroatoms. The largest absolute Gasteiger partial charge is 0.488 e. The van der Waals surface area contributed by atoms with Crippen LogP contribution in [-0.4, -0.2) is 37.3 Å². The summed E-state index contributed by atoms with van der Waals surface area (Å²) in [7, 11) is 0. The van der Waals surface area contributed by atoms with Gasteiger partial charge in [-0.1, -0.05) is 109 Å². The Bertz CT molecular complexity index is 3900. The highest BCUT2D eigenvalue weighted by Gasteiger charge is 2.14. The standard InChI is InChI=1S/C78H66N6O6/c1-7-19-73-67(13-1)43-79-37-55-25-56-28-59(27-55)41-83-47-71-17-6-12-24-78(71)90-54-66-35-63-32-64(36-66)52-88-76-22-10-4-16-70(76)46-82-40-58-26-57(39-81-45-69-15-3-9-21-75(69)87-51-63)29-60(30-58)42-84-48-72-18-5-11-23-77(72)89-53-65-33-61(49-85-73)31-62(34-65)50-86-74-20-8-2-14-68(74)44-80-38-56/h1-36,43-48H,37-42,49-54H2. The molecular weight excluding hydrogens is 1120 g/mol. The van der Waals surface area contributed by atoms with Crippen molar-refractivity contribution in [1.29, 1.82) is 0 Å². The van der Waals surface area contributed by atoms with Crippen LogP contribution in [0.5, 0.6) is 34.5 Å². The van der Waals surface area contributed by atoms with Crippen molar-refractivity contribution in [3.63, 3.8) is 0 Å². The second kappa shape index (κ2) is 28.7. The van der Waals surface area contributed by atoms with E-state index in [1.807, 2.05) is 183 Å². The molecule has 90 heavy (non-hydrogen) atoms. The lowest BCUT2D eigenvalue weighted by Gasteiger charge is -2.15. The van der Waals surface area contributed by atoms with Crippen LogP contribution in [0.4, 0.5) is 0 Å².